The lowest BCUT2D eigenvalue weighted by Crippen LogP contribution is -2.46. The van der Waals surface area contributed by atoms with E-state index in [0.717, 1.165) is 12.7 Å². The second kappa shape index (κ2) is 16.4. The Morgan fingerprint density at radius 3 is 2.23 bits per heavy atom. The summed E-state index contributed by atoms with van der Waals surface area (Å²) in [6.45, 7) is 0.548. The smallest absolute Gasteiger partial charge is 0.407 e. The van der Waals surface area contributed by atoms with Crippen molar-refractivity contribution in [3.8, 4) is 0 Å². The summed E-state index contributed by atoms with van der Waals surface area (Å²) in [5.74, 6) is -2.71. The Hall–Kier alpha value is -4.48. The first kappa shape index (κ1) is 30.7. The number of hydrogen-bond acceptors (Lipinski definition) is 9. The zero-order valence-corrected chi connectivity index (χ0v) is 21.9. The highest BCUT2D eigenvalue weighted by Gasteiger charge is 2.34. The molecule has 0 aliphatic heterocycles. The van der Waals surface area contributed by atoms with E-state index in [1.54, 1.807) is 0 Å². The molecule has 0 unspecified atom stereocenters. The van der Waals surface area contributed by atoms with Crippen LogP contribution < -0.4 is 10.6 Å². The fourth-order valence-electron chi connectivity index (χ4n) is 3.78. The van der Waals surface area contributed by atoms with E-state index in [0.29, 0.717) is 31.4 Å². The molecule has 2 aromatic rings. The van der Waals surface area contributed by atoms with Gasteiger partial charge in [-0.3, -0.25) is 19.7 Å². The van der Waals surface area contributed by atoms with Crippen molar-refractivity contribution in [3.05, 3.63) is 75.8 Å². The van der Waals surface area contributed by atoms with Gasteiger partial charge in [0.05, 0.1) is 25.6 Å². The number of ether oxygens (including phenoxy) is 3. The maximum absolute atomic E-state index is 12.7. The van der Waals surface area contributed by atoms with Gasteiger partial charge in [0.15, 0.2) is 0 Å². The summed E-state index contributed by atoms with van der Waals surface area (Å²) in [7, 11) is 2.35. The Morgan fingerprint density at radius 1 is 0.923 bits per heavy atom. The zero-order valence-electron chi connectivity index (χ0n) is 21.9. The van der Waals surface area contributed by atoms with Crippen molar-refractivity contribution in [2.75, 3.05) is 20.8 Å². The van der Waals surface area contributed by atoms with Crippen LogP contribution >= 0.6 is 0 Å². The number of carbonyl (C=O) groups excluding carboxylic acids is 4. The number of nitrogens with one attached hydrogen (secondary N) is 2. The summed E-state index contributed by atoms with van der Waals surface area (Å²) in [5.41, 5.74) is 1.14. The van der Waals surface area contributed by atoms with Gasteiger partial charge in [0.2, 0.25) is 5.91 Å². The SMILES string of the molecule is COC(=O)C[C@@H](c1ccc([N+](=O)[O-])cc1)[C@H](NC(=O)CCCCCNC(=O)OCc1ccccc1)C(=O)OC. The summed E-state index contributed by atoms with van der Waals surface area (Å²) in [4.78, 5) is 59.5. The topological polar surface area (TPSA) is 163 Å². The van der Waals surface area contributed by atoms with Crippen molar-refractivity contribution in [1.29, 1.82) is 0 Å². The van der Waals surface area contributed by atoms with Crippen molar-refractivity contribution < 1.29 is 38.3 Å². The molecule has 12 heteroatoms. The third kappa shape index (κ3) is 10.8. The van der Waals surface area contributed by atoms with Gasteiger partial charge in [-0.25, -0.2) is 9.59 Å². The zero-order chi connectivity index (χ0) is 28.6. The van der Waals surface area contributed by atoms with E-state index in [4.69, 9.17) is 14.2 Å². The van der Waals surface area contributed by atoms with Crippen LogP contribution in [0.2, 0.25) is 0 Å². The lowest BCUT2D eigenvalue weighted by Gasteiger charge is -2.26. The van der Waals surface area contributed by atoms with Gasteiger partial charge in [0, 0.05) is 31.0 Å². The largest absolute Gasteiger partial charge is 0.469 e. The molecular formula is C27H33N3O9. The molecule has 0 radical (unpaired) electrons. The highest BCUT2D eigenvalue weighted by molar-refractivity contribution is 5.86. The fourth-order valence-corrected chi connectivity index (χ4v) is 3.78. The van der Waals surface area contributed by atoms with Crippen LogP contribution in [0.15, 0.2) is 54.6 Å². The number of non-ortho nitro benzene ring substituents is 1. The molecular weight excluding hydrogens is 510 g/mol. The van der Waals surface area contributed by atoms with E-state index in [1.807, 2.05) is 30.3 Å². The molecule has 2 aromatic carbocycles. The number of nitrogens with zero attached hydrogens (tertiary/aromatic N) is 1. The lowest BCUT2D eigenvalue weighted by atomic mass is 9.88. The number of benzene rings is 2. The van der Waals surface area contributed by atoms with Crippen molar-refractivity contribution in [2.45, 2.75) is 50.7 Å². The number of nitro groups is 1. The molecule has 0 saturated carbocycles. The summed E-state index contributed by atoms with van der Waals surface area (Å²) < 4.78 is 14.7. The van der Waals surface area contributed by atoms with E-state index in [2.05, 4.69) is 10.6 Å². The van der Waals surface area contributed by atoms with Gasteiger partial charge in [0.1, 0.15) is 12.6 Å². The number of unbranched alkanes of at least 4 members (excludes halogenated alkanes) is 2. The molecule has 0 aromatic heterocycles. The number of esters is 2. The van der Waals surface area contributed by atoms with E-state index >= 15 is 0 Å². The lowest BCUT2D eigenvalue weighted by molar-refractivity contribution is -0.384. The first-order valence-corrected chi connectivity index (χ1v) is 12.4. The first-order chi connectivity index (χ1) is 18.7. The van der Waals surface area contributed by atoms with Crippen molar-refractivity contribution in [1.82, 2.24) is 10.6 Å². The molecule has 2 atom stereocenters. The Morgan fingerprint density at radius 2 is 1.62 bits per heavy atom. The second-order valence-corrected chi connectivity index (χ2v) is 8.60. The molecule has 0 aliphatic carbocycles. The van der Waals surface area contributed by atoms with E-state index in [9.17, 15) is 29.3 Å². The van der Waals surface area contributed by atoms with Crippen LogP contribution in [0.4, 0.5) is 10.5 Å². The maximum Gasteiger partial charge on any atom is 0.407 e. The molecule has 39 heavy (non-hydrogen) atoms. The van der Waals surface area contributed by atoms with E-state index in [-0.39, 0.29) is 25.1 Å². The molecule has 0 heterocycles. The second-order valence-electron chi connectivity index (χ2n) is 8.60. The van der Waals surface area contributed by atoms with E-state index in [1.165, 1.54) is 31.4 Å². The highest BCUT2D eigenvalue weighted by atomic mass is 16.6. The molecule has 210 valence electrons. The van der Waals surface area contributed by atoms with Gasteiger partial charge in [-0.05, 0) is 24.0 Å². The monoisotopic (exact) mass is 543 g/mol. The summed E-state index contributed by atoms with van der Waals surface area (Å²) >= 11 is 0. The van der Waals surface area contributed by atoms with Crippen molar-refractivity contribution >= 4 is 29.6 Å². The average molecular weight is 544 g/mol. The molecule has 2 rings (SSSR count). The molecule has 0 saturated heterocycles. The van der Waals surface area contributed by atoms with Crippen LogP contribution in [0, 0.1) is 10.1 Å². The molecule has 0 spiro atoms. The molecule has 0 bridgehead atoms. The fraction of sp³-hybridized carbons (Fsp3) is 0.407. The van der Waals surface area contributed by atoms with Gasteiger partial charge in [-0.15, -0.1) is 0 Å². The number of carbonyl (C=O) groups is 4. The first-order valence-electron chi connectivity index (χ1n) is 12.4. The number of rotatable bonds is 15. The summed E-state index contributed by atoms with van der Waals surface area (Å²) in [5, 5.41) is 16.3. The van der Waals surface area contributed by atoms with Crippen LogP contribution in [0.25, 0.3) is 0 Å². The van der Waals surface area contributed by atoms with Gasteiger partial charge >= 0.3 is 18.0 Å². The highest BCUT2D eigenvalue weighted by Crippen LogP contribution is 2.27. The third-order valence-corrected chi connectivity index (χ3v) is 5.88. The Balaban J connectivity index is 1.86. The summed E-state index contributed by atoms with van der Waals surface area (Å²) in [6, 6.07) is 13.4. The summed E-state index contributed by atoms with van der Waals surface area (Å²) in [6.07, 6.45) is 1.03. The van der Waals surface area contributed by atoms with Crippen molar-refractivity contribution in [2.24, 2.45) is 0 Å². The number of alkyl carbamates (subject to hydrolysis) is 1. The van der Waals surface area contributed by atoms with E-state index < -0.39 is 40.8 Å². The predicted molar refractivity (Wildman–Crippen MR) is 140 cm³/mol. The predicted octanol–water partition coefficient (Wildman–Crippen LogP) is 3.39. The molecule has 0 fully saturated rings. The number of amides is 2. The number of hydrogen-bond donors (Lipinski definition) is 2. The third-order valence-electron chi connectivity index (χ3n) is 5.88. The number of methoxy groups -OCH3 is 2. The standard InChI is InChI=1S/C27H33N3O9/c1-37-24(32)17-22(20-12-14-21(15-13-20)30(35)36)25(26(33)38-2)29-23(31)11-7-4-8-16-28-27(34)39-18-19-9-5-3-6-10-19/h3,5-6,9-10,12-15,22,25H,4,7-8,11,16-18H2,1-2H3,(H,28,34)(H,29,31)/t22-,25-/m0/s1. The molecule has 0 aliphatic rings. The van der Waals surface area contributed by atoms with Gasteiger partial charge in [0.25, 0.3) is 5.69 Å². The quantitative estimate of drug-likeness (QED) is 0.113. The molecule has 2 amide bonds. The van der Waals surface area contributed by atoms with Crippen LogP contribution in [0.3, 0.4) is 0 Å². The van der Waals surface area contributed by atoms with Gasteiger partial charge < -0.3 is 24.8 Å². The Bertz CT molecular complexity index is 1110. The normalized spacial score (nSPS) is 11.9. The maximum atomic E-state index is 12.7. The Labute approximate surface area is 226 Å². The van der Waals surface area contributed by atoms with Gasteiger partial charge in [-0.1, -0.05) is 48.9 Å². The van der Waals surface area contributed by atoms with Crippen molar-refractivity contribution in [3.63, 3.8) is 0 Å². The van der Waals surface area contributed by atoms with Crippen LogP contribution in [0.5, 0.6) is 0 Å². The van der Waals surface area contributed by atoms with Crippen LogP contribution in [-0.2, 0) is 35.2 Å². The van der Waals surface area contributed by atoms with Crippen LogP contribution in [-0.4, -0.2) is 55.7 Å². The number of nitro benzene ring substituents is 1. The molecule has 12 nitrogen and oxygen atoms in total. The molecule has 2 N–H and O–H groups in total. The van der Waals surface area contributed by atoms with Gasteiger partial charge in [-0.2, -0.15) is 0 Å². The minimum Gasteiger partial charge on any atom is -0.469 e. The Kier molecular flexibility index (Phi) is 12.9. The minimum absolute atomic E-state index is 0.0944. The minimum atomic E-state index is -1.22. The van der Waals surface area contributed by atoms with Crippen LogP contribution in [0.1, 0.15) is 49.1 Å². The average Bonchev–Trinajstić information content (AvgIpc) is 2.95.